The second kappa shape index (κ2) is 8.03. The van der Waals surface area contributed by atoms with E-state index >= 15 is 0 Å². The molecule has 0 saturated carbocycles. The summed E-state index contributed by atoms with van der Waals surface area (Å²) in [5.74, 6) is -0.266. The number of carbonyl (C=O) groups is 2. The third-order valence-corrected chi connectivity index (χ3v) is 4.15. The number of hydrogen-bond donors (Lipinski definition) is 3. The van der Waals surface area contributed by atoms with Gasteiger partial charge < -0.3 is 16.0 Å². The third-order valence-electron chi connectivity index (χ3n) is 4.15. The maximum absolute atomic E-state index is 12.7. The summed E-state index contributed by atoms with van der Waals surface area (Å²) in [5.41, 5.74) is 5.12. The van der Waals surface area contributed by atoms with E-state index in [1.165, 1.54) is 6.92 Å². The molecule has 2 aromatic rings. The molecule has 132 valence electrons. The quantitative estimate of drug-likeness (QED) is 0.776. The Kier molecular flexibility index (Phi) is 6.04. The highest BCUT2D eigenvalue weighted by Crippen LogP contribution is 2.27. The van der Waals surface area contributed by atoms with E-state index < -0.39 is 0 Å². The molecular formula is C19H22ClN3O2. The van der Waals surface area contributed by atoms with Gasteiger partial charge in [-0.05, 0) is 55.2 Å². The van der Waals surface area contributed by atoms with Gasteiger partial charge in [-0.2, -0.15) is 0 Å². The van der Waals surface area contributed by atoms with Gasteiger partial charge in [-0.15, -0.1) is 12.4 Å². The molecule has 0 atom stereocenters. The average molecular weight is 360 g/mol. The molecule has 0 unspecified atom stereocenters. The van der Waals surface area contributed by atoms with Gasteiger partial charge in [0.05, 0.1) is 0 Å². The topological polar surface area (TPSA) is 70.2 Å². The Labute approximate surface area is 153 Å². The number of anilines is 3. The van der Waals surface area contributed by atoms with Gasteiger partial charge >= 0.3 is 0 Å². The van der Waals surface area contributed by atoms with Crippen molar-refractivity contribution in [3.8, 4) is 0 Å². The minimum atomic E-state index is -0.134. The molecule has 0 spiro atoms. The Hall–Kier alpha value is -2.53. The van der Waals surface area contributed by atoms with Crippen molar-refractivity contribution in [2.75, 3.05) is 22.5 Å². The number of hydrogen-bond acceptors (Lipinski definition) is 3. The lowest BCUT2D eigenvalue weighted by atomic mass is 9.97. The van der Waals surface area contributed by atoms with Crippen LogP contribution in [0.1, 0.15) is 34.8 Å². The van der Waals surface area contributed by atoms with Crippen LogP contribution in [-0.2, 0) is 11.2 Å². The van der Waals surface area contributed by atoms with Gasteiger partial charge in [0, 0.05) is 36.1 Å². The Balaban J connectivity index is 0.00000225. The lowest BCUT2D eigenvalue weighted by Gasteiger charge is -2.20. The molecule has 1 aliphatic rings. The third kappa shape index (κ3) is 4.31. The smallest absolute Gasteiger partial charge is 0.256 e. The van der Waals surface area contributed by atoms with Crippen molar-refractivity contribution in [2.24, 2.45) is 0 Å². The minimum Gasteiger partial charge on any atom is -0.385 e. The van der Waals surface area contributed by atoms with Crippen LogP contribution in [-0.4, -0.2) is 18.4 Å². The minimum absolute atomic E-state index is 0. The first-order valence-corrected chi connectivity index (χ1v) is 8.10. The van der Waals surface area contributed by atoms with Crippen LogP contribution in [0, 0.1) is 6.92 Å². The van der Waals surface area contributed by atoms with Gasteiger partial charge in [0.1, 0.15) is 0 Å². The van der Waals surface area contributed by atoms with Gasteiger partial charge in [-0.25, -0.2) is 0 Å². The highest BCUT2D eigenvalue weighted by molar-refractivity contribution is 6.06. The van der Waals surface area contributed by atoms with E-state index in [0.717, 1.165) is 36.2 Å². The van der Waals surface area contributed by atoms with E-state index in [-0.39, 0.29) is 24.2 Å². The lowest BCUT2D eigenvalue weighted by Crippen LogP contribution is -2.19. The molecule has 25 heavy (non-hydrogen) atoms. The molecule has 3 N–H and O–H groups in total. The van der Waals surface area contributed by atoms with Crippen LogP contribution in [0.15, 0.2) is 36.4 Å². The Morgan fingerprint density at radius 3 is 2.68 bits per heavy atom. The van der Waals surface area contributed by atoms with Gasteiger partial charge in [0.15, 0.2) is 0 Å². The molecule has 6 heteroatoms. The molecular weight excluding hydrogens is 338 g/mol. The fourth-order valence-corrected chi connectivity index (χ4v) is 2.95. The first kappa shape index (κ1) is 18.8. The van der Waals surface area contributed by atoms with Gasteiger partial charge in [-0.3, -0.25) is 9.59 Å². The number of amides is 2. The van der Waals surface area contributed by atoms with Crippen LogP contribution in [0.4, 0.5) is 17.1 Å². The van der Waals surface area contributed by atoms with Crippen LogP contribution in [0.25, 0.3) is 0 Å². The number of aryl methyl sites for hydroxylation is 1. The lowest BCUT2D eigenvalue weighted by molar-refractivity contribution is -0.114. The van der Waals surface area contributed by atoms with Crippen LogP contribution < -0.4 is 16.0 Å². The average Bonchev–Trinajstić information content (AvgIpc) is 2.57. The monoisotopic (exact) mass is 359 g/mol. The second-order valence-electron chi connectivity index (χ2n) is 6.03. The normalized spacial score (nSPS) is 12.2. The van der Waals surface area contributed by atoms with E-state index in [1.54, 1.807) is 6.07 Å². The summed E-state index contributed by atoms with van der Waals surface area (Å²) in [6, 6.07) is 11.2. The summed E-state index contributed by atoms with van der Waals surface area (Å²) in [6.45, 7) is 4.32. The summed E-state index contributed by atoms with van der Waals surface area (Å²) in [4.78, 5) is 24.0. The zero-order chi connectivity index (χ0) is 17.1. The Bertz CT molecular complexity index is 805. The fourth-order valence-electron chi connectivity index (χ4n) is 2.95. The van der Waals surface area contributed by atoms with Crippen molar-refractivity contribution in [2.45, 2.75) is 26.7 Å². The summed E-state index contributed by atoms with van der Waals surface area (Å²) >= 11 is 0. The first-order valence-electron chi connectivity index (χ1n) is 8.10. The van der Waals surface area contributed by atoms with E-state index in [9.17, 15) is 9.59 Å². The molecule has 0 aliphatic carbocycles. The highest BCUT2D eigenvalue weighted by Gasteiger charge is 2.17. The summed E-state index contributed by atoms with van der Waals surface area (Å²) in [7, 11) is 0. The van der Waals surface area contributed by atoms with Gasteiger partial charge in [0.2, 0.25) is 5.91 Å². The molecule has 0 saturated heterocycles. The molecule has 0 bridgehead atoms. The molecule has 2 aromatic carbocycles. The molecule has 0 fully saturated rings. The van der Waals surface area contributed by atoms with Gasteiger partial charge in [0.25, 0.3) is 5.91 Å². The summed E-state index contributed by atoms with van der Waals surface area (Å²) in [6.07, 6.45) is 1.92. The van der Waals surface area contributed by atoms with Crippen molar-refractivity contribution >= 4 is 41.3 Å². The number of halogens is 1. The molecule has 0 radical (unpaired) electrons. The van der Waals surface area contributed by atoms with Crippen LogP contribution in [0.3, 0.4) is 0 Å². The maximum atomic E-state index is 12.7. The molecule has 0 aromatic heterocycles. The highest BCUT2D eigenvalue weighted by atomic mass is 35.5. The van der Waals surface area contributed by atoms with Gasteiger partial charge in [-0.1, -0.05) is 12.1 Å². The van der Waals surface area contributed by atoms with Crippen LogP contribution in [0.2, 0.25) is 0 Å². The molecule has 1 heterocycles. The predicted octanol–water partition coefficient (Wildman–Crippen LogP) is 3.99. The standard InChI is InChI=1S/C19H21N3O2.ClH/c1-12-8-9-14(11-18(12)21-13(2)23)22-19(24)16-5-3-7-17-15(16)6-4-10-20-17;/h3,5,7-9,11,20H,4,6,10H2,1-2H3,(H,21,23)(H,22,24);1H. The van der Waals surface area contributed by atoms with E-state index in [1.807, 2.05) is 37.3 Å². The number of benzene rings is 2. The molecule has 2 amide bonds. The van der Waals surface area contributed by atoms with Crippen molar-refractivity contribution in [1.29, 1.82) is 0 Å². The predicted molar refractivity (Wildman–Crippen MR) is 104 cm³/mol. The molecule has 5 nitrogen and oxygen atoms in total. The second-order valence-corrected chi connectivity index (χ2v) is 6.03. The number of rotatable bonds is 3. The van der Waals surface area contributed by atoms with Crippen molar-refractivity contribution < 1.29 is 9.59 Å². The maximum Gasteiger partial charge on any atom is 0.256 e. The first-order chi connectivity index (χ1) is 11.5. The molecule has 3 rings (SSSR count). The largest absolute Gasteiger partial charge is 0.385 e. The SMILES string of the molecule is CC(=O)Nc1cc(NC(=O)c2cccc3c2CCCN3)ccc1C.Cl. The number of carbonyl (C=O) groups excluding carboxylic acids is 2. The number of fused-ring (bicyclic) bond motifs is 1. The van der Waals surface area contributed by atoms with Crippen molar-refractivity contribution in [3.63, 3.8) is 0 Å². The van der Waals surface area contributed by atoms with E-state index in [4.69, 9.17) is 0 Å². The van der Waals surface area contributed by atoms with E-state index in [2.05, 4.69) is 16.0 Å². The summed E-state index contributed by atoms with van der Waals surface area (Å²) in [5, 5.41) is 9.04. The summed E-state index contributed by atoms with van der Waals surface area (Å²) < 4.78 is 0. The van der Waals surface area contributed by atoms with Crippen molar-refractivity contribution in [1.82, 2.24) is 0 Å². The fraction of sp³-hybridized carbons (Fsp3) is 0.263. The van der Waals surface area contributed by atoms with E-state index in [0.29, 0.717) is 16.9 Å². The zero-order valence-electron chi connectivity index (χ0n) is 14.3. The molecule has 1 aliphatic heterocycles. The Morgan fingerprint density at radius 2 is 1.92 bits per heavy atom. The number of nitrogens with one attached hydrogen (secondary N) is 3. The van der Waals surface area contributed by atoms with Crippen LogP contribution >= 0.6 is 12.4 Å². The zero-order valence-corrected chi connectivity index (χ0v) is 15.1. The van der Waals surface area contributed by atoms with Crippen molar-refractivity contribution in [3.05, 3.63) is 53.1 Å². The van der Waals surface area contributed by atoms with Crippen LogP contribution in [0.5, 0.6) is 0 Å². The Morgan fingerprint density at radius 1 is 1.12 bits per heavy atom.